The minimum atomic E-state index is 0. The van der Waals surface area contributed by atoms with E-state index in [1.807, 2.05) is 22.8 Å². The summed E-state index contributed by atoms with van der Waals surface area (Å²) in [6.07, 6.45) is 2.75. The van der Waals surface area contributed by atoms with Gasteiger partial charge >= 0.3 is 0 Å². The van der Waals surface area contributed by atoms with Gasteiger partial charge in [-0.25, -0.2) is 4.99 Å². The van der Waals surface area contributed by atoms with Crippen molar-refractivity contribution in [1.29, 1.82) is 0 Å². The van der Waals surface area contributed by atoms with E-state index in [4.69, 9.17) is 4.74 Å². The Balaban J connectivity index is 0.00000364. The number of aromatic nitrogens is 3. The van der Waals surface area contributed by atoms with Crippen molar-refractivity contribution >= 4 is 29.9 Å². The zero-order valence-electron chi connectivity index (χ0n) is 16.4. The number of nitrogens with one attached hydrogen (secondary N) is 2. The first-order chi connectivity index (χ1) is 12.7. The number of hydrogen-bond acceptors (Lipinski definition) is 4. The van der Waals surface area contributed by atoms with Gasteiger partial charge in [-0.2, -0.15) is 0 Å². The van der Waals surface area contributed by atoms with Crippen LogP contribution in [0.3, 0.4) is 0 Å². The average Bonchev–Trinajstić information content (AvgIpc) is 3.13. The molecule has 0 aliphatic rings. The monoisotopic (exact) mass is 486 g/mol. The summed E-state index contributed by atoms with van der Waals surface area (Å²) < 4.78 is 7.89. The molecule has 150 valence electrons. The van der Waals surface area contributed by atoms with Crippen molar-refractivity contribution in [3.8, 4) is 0 Å². The molecule has 0 bridgehead atoms. The third kappa shape index (κ3) is 8.25. The number of nitrogens with zero attached hydrogens (tertiary/aromatic N) is 4. The van der Waals surface area contributed by atoms with E-state index in [1.54, 1.807) is 6.33 Å². The minimum Gasteiger partial charge on any atom is -0.374 e. The van der Waals surface area contributed by atoms with Gasteiger partial charge < -0.3 is 19.9 Å². The first-order valence-corrected chi connectivity index (χ1v) is 9.30. The largest absolute Gasteiger partial charge is 0.374 e. The molecule has 1 unspecified atom stereocenters. The molecule has 0 aliphatic carbocycles. The van der Waals surface area contributed by atoms with Gasteiger partial charge in [0.25, 0.3) is 0 Å². The molecule has 7 nitrogen and oxygen atoms in total. The van der Waals surface area contributed by atoms with E-state index in [1.165, 1.54) is 5.56 Å². The topological polar surface area (TPSA) is 76.4 Å². The smallest absolute Gasteiger partial charge is 0.191 e. The fourth-order valence-electron chi connectivity index (χ4n) is 2.52. The van der Waals surface area contributed by atoms with E-state index < -0.39 is 0 Å². The van der Waals surface area contributed by atoms with Crippen LogP contribution in [0.1, 0.15) is 44.7 Å². The van der Waals surface area contributed by atoms with Crippen LogP contribution in [0, 0.1) is 0 Å². The molecule has 1 heterocycles. The second-order valence-electron chi connectivity index (χ2n) is 5.93. The fourth-order valence-corrected chi connectivity index (χ4v) is 2.52. The Morgan fingerprint density at radius 1 is 1.22 bits per heavy atom. The lowest BCUT2D eigenvalue weighted by Gasteiger charge is -2.14. The summed E-state index contributed by atoms with van der Waals surface area (Å²) in [5.74, 6) is 1.65. The molecule has 8 heteroatoms. The summed E-state index contributed by atoms with van der Waals surface area (Å²) in [7, 11) is 0. The second-order valence-corrected chi connectivity index (χ2v) is 5.93. The van der Waals surface area contributed by atoms with Crippen LogP contribution in [0.15, 0.2) is 41.7 Å². The van der Waals surface area contributed by atoms with Crippen molar-refractivity contribution in [1.82, 2.24) is 25.4 Å². The summed E-state index contributed by atoms with van der Waals surface area (Å²) in [4.78, 5) is 4.58. The Labute approximate surface area is 179 Å². The van der Waals surface area contributed by atoms with Gasteiger partial charge in [-0.1, -0.05) is 30.3 Å². The quantitative estimate of drug-likeness (QED) is 0.234. The molecule has 0 saturated heterocycles. The normalized spacial score (nSPS) is 12.3. The van der Waals surface area contributed by atoms with Crippen LogP contribution in [-0.2, 0) is 17.8 Å². The van der Waals surface area contributed by atoms with Crippen LogP contribution in [0.25, 0.3) is 0 Å². The van der Waals surface area contributed by atoms with Crippen LogP contribution in [0.4, 0.5) is 0 Å². The molecule has 0 fully saturated rings. The Kier molecular flexibility index (Phi) is 11.7. The number of guanidine groups is 1. The third-order valence-electron chi connectivity index (χ3n) is 4.01. The molecule has 0 aliphatic heterocycles. The highest BCUT2D eigenvalue weighted by atomic mass is 127. The first-order valence-electron chi connectivity index (χ1n) is 9.30. The Bertz CT molecular complexity index is 661. The maximum absolute atomic E-state index is 5.90. The van der Waals surface area contributed by atoms with Gasteiger partial charge in [-0.15, -0.1) is 34.2 Å². The zero-order valence-corrected chi connectivity index (χ0v) is 18.7. The molecule has 1 aromatic carbocycles. The Morgan fingerprint density at radius 2 is 2.00 bits per heavy atom. The van der Waals surface area contributed by atoms with Gasteiger partial charge in [0.15, 0.2) is 11.8 Å². The van der Waals surface area contributed by atoms with Gasteiger partial charge in [0.1, 0.15) is 12.9 Å². The summed E-state index contributed by atoms with van der Waals surface area (Å²) in [5.41, 5.74) is 1.20. The van der Waals surface area contributed by atoms with Gasteiger partial charge in [-0.3, -0.25) is 0 Å². The van der Waals surface area contributed by atoms with Gasteiger partial charge in [0, 0.05) is 26.2 Å². The summed E-state index contributed by atoms with van der Waals surface area (Å²) in [5, 5.41) is 14.6. The molecule has 1 aromatic heterocycles. The van der Waals surface area contributed by atoms with Crippen molar-refractivity contribution in [2.45, 2.75) is 46.4 Å². The number of rotatable bonds is 10. The van der Waals surface area contributed by atoms with Crippen LogP contribution in [0.2, 0.25) is 0 Å². The van der Waals surface area contributed by atoms with E-state index in [2.05, 4.69) is 58.7 Å². The molecule has 2 N–H and O–H groups in total. The van der Waals surface area contributed by atoms with E-state index in [0.717, 1.165) is 37.8 Å². The zero-order chi connectivity index (χ0) is 18.6. The fraction of sp³-hybridized carbons (Fsp3) is 0.526. The summed E-state index contributed by atoms with van der Waals surface area (Å²) in [6.45, 7) is 9.86. The molecule has 0 amide bonds. The lowest BCUT2D eigenvalue weighted by Crippen LogP contribution is -2.38. The Hall–Kier alpha value is -1.68. The van der Waals surface area contributed by atoms with Crippen molar-refractivity contribution < 1.29 is 4.74 Å². The maximum Gasteiger partial charge on any atom is 0.191 e. The number of halogens is 1. The van der Waals surface area contributed by atoms with Crippen LogP contribution in [0.5, 0.6) is 0 Å². The molecular weight excluding hydrogens is 455 g/mol. The van der Waals surface area contributed by atoms with Crippen molar-refractivity contribution in [3.63, 3.8) is 0 Å². The number of hydrogen-bond donors (Lipinski definition) is 2. The second kappa shape index (κ2) is 13.5. The Morgan fingerprint density at radius 3 is 2.70 bits per heavy atom. The molecule has 2 aromatic rings. The predicted octanol–water partition coefficient (Wildman–Crippen LogP) is 3.14. The molecule has 1 atom stereocenters. The highest BCUT2D eigenvalue weighted by Crippen LogP contribution is 2.15. The van der Waals surface area contributed by atoms with Gasteiger partial charge in [0.05, 0.1) is 6.10 Å². The molecule has 0 radical (unpaired) electrons. The SMILES string of the molecule is CCNC(=NCc1nncn1CC)NCCCOC(C)c1ccccc1.I. The van der Waals surface area contributed by atoms with E-state index in [0.29, 0.717) is 13.2 Å². The summed E-state index contributed by atoms with van der Waals surface area (Å²) in [6, 6.07) is 10.3. The predicted molar refractivity (Wildman–Crippen MR) is 119 cm³/mol. The van der Waals surface area contributed by atoms with Crippen LogP contribution >= 0.6 is 24.0 Å². The maximum atomic E-state index is 5.90. The minimum absolute atomic E-state index is 0. The van der Waals surface area contributed by atoms with Crippen molar-refractivity contribution in [3.05, 3.63) is 48.0 Å². The number of benzene rings is 1. The lowest BCUT2D eigenvalue weighted by atomic mass is 10.1. The standard InChI is InChI=1S/C19H30N6O.HI/c1-4-20-19(22-14-18-24-23-15-25(18)5-2)21-12-9-13-26-16(3)17-10-7-6-8-11-17;/h6-8,10-11,15-16H,4-5,9,12-14H2,1-3H3,(H2,20,21,22);1H. The molecule has 0 saturated carbocycles. The molecule has 27 heavy (non-hydrogen) atoms. The van der Waals surface area contributed by atoms with Crippen molar-refractivity contribution in [2.24, 2.45) is 4.99 Å². The van der Waals surface area contributed by atoms with E-state index >= 15 is 0 Å². The average molecular weight is 486 g/mol. The highest BCUT2D eigenvalue weighted by molar-refractivity contribution is 14.0. The van der Waals surface area contributed by atoms with Crippen LogP contribution < -0.4 is 10.6 Å². The third-order valence-corrected chi connectivity index (χ3v) is 4.01. The van der Waals surface area contributed by atoms with Crippen LogP contribution in [-0.4, -0.2) is 40.4 Å². The van der Waals surface area contributed by atoms with E-state index in [-0.39, 0.29) is 30.1 Å². The molecular formula is C19H31IN6O. The molecule has 0 spiro atoms. The lowest BCUT2D eigenvalue weighted by molar-refractivity contribution is 0.0646. The van der Waals surface area contributed by atoms with Gasteiger partial charge in [0.2, 0.25) is 0 Å². The number of ether oxygens (including phenoxy) is 1. The van der Waals surface area contributed by atoms with Crippen molar-refractivity contribution in [2.75, 3.05) is 19.7 Å². The summed E-state index contributed by atoms with van der Waals surface area (Å²) >= 11 is 0. The molecule has 2 rings (SSSR count). The number of aryl methyl sites for hydroxylation is 1. The van der Waals surface area contributed by atoms with E-state index in [9.17, 15) is 0 Å². The number of aliphatic imine (C=N–C) groups is 1. The first kappa shape index (κ1) is 23.4. The van der Waals surface area contributed by atoms with Gasteiger partial charge in [-0.05, 0) is 32.8 Å². The highest BCUT2D eigenvalue weighted by Gasteiger charge is 2.05.